The lowest BCUT2D eigenvalue weighted by Crippen LogP contribution is -2.14. The molecular formula is C25H26FNO7S. The number of rotatable bonds is 10. The quantitative estimate of drug-likeness (QED) is 0.396. The van der Waals surface area contributed by atoms with Crippen LogP contribution >= 0.6 is 0 Å². The molecule has 35 heavy (non-hydrogen) atoms. The zero-order valence-electron chi connectivity index (χ0n) is 19.9. The van der Waals surface area contributed by atoms with Crippen LogP contribution in [0.15, 0.2) is 53.4 Å². The van der Waals surface area contributed by atoms with Crippen molar-refractivity contribution in [1.82, 2.24) is 0 Å². The standard InChI is InChI=1S/C25H26FNO7S/c1-30-18-7-6-8-19(15-18)35(28,29)27-21-12-16(11-20(26)24(21)33-4)9-10-17-13-22(31-2)25(34-5)23(14-17)32-3/h6-15,27H,1-5H3/b10-9-. The molecule has 0 unspecified atom stereocenters. The van der Waals surface area contributed by atoms with Crippen molar-refractivity contribution in [3.05, 3.63) is 65.5 Å². The van der Waals surface area contributed by atoms with Crippen molar-refractivity contribution in [3.63, 3.8) is 0 Å². The summed E-state index contributed by atoms with van der Waals surface area (Å²) in [7, 11) is 3.15. The summed E-state index contributed by atoms with van der Waals surface area (Å²) in [6, 6.07) is 12.1. The molecule has 10 heteroatoms. The summed E-state index contributed by atoms with van der Waals surface area (Å²) in [4.78, 5) is -0.0438. The molecule has 0 aliphatic carbocycles. The fourth-order valence-corrected chi connectivity index (χ4v) is 4.44. The molecule has 0 aliphatic heterocycles. The number of sulfonamides is 1. The molecule has 0 aliphatic rings. The molecule has 3 rings (SSSR count). The Morgan fingerprint density at radius 2 is 1.34 bits per heavy atom. The highest BCUT2D eigenvalue weighted by Crippen LogP contribution is 2.39. The third-order valence-corrected chi connectivity index (χ3v) is 6.38. The van der Waals surface area contributed by atoms with Crippen molar-refractivity contribution in [1.29, 1.82) is 0 Å². The van der Waals surface area contributed by atoms with Crippen molar-refractivity contribution in [2.45, 2.75) is 4.90 Å². The van der Waals surface area contributed by atoms with Gasteiger partial charge in [0.15, 0.2) is 23.1 Å². The number of benzene rings is 3. The Bertz CT molecular complexity index is 1310. The first kappa shape index (κ1) is 25.7. The smallest absolute Gasteiger partial charge is 0.262 e. The van der Waals surface area contributed by atoms with Crippen LogP contribution in [0.4, 0.5) is 10.1 Å². The molecule has 0 spiro atoms. The van der Waals surface area contributed by atoms with E-state index < -0.39 is 15.8 Å². The van der Waals surface area contributed by atoms with Crippen molar-refractivity contribution < 1.29 is 36.5 Å². The SMILES string of the molecule is COc1cccc(S(=O)(=O)Nc2cc(/C=C\c3cc(OC)c(OC)c(OC)c3)cc(F)c2OC)c1. The van der Waals surface area contributed by atoms with Crippen LogP contribution in [0.25, 0.3) is 12.2 Å². The van der Waals surface area contributed by atoms with Gasteiger partial charge in [-0.15, -0.1) is 0 Å². The van der Waals surface area contributed by atoms with Crippen LogP contribution in [-0.4, -0.2) is 44.0 Å². The number of hydrogen-bond acceptors (Lipinski definition) is 7. The molecule has 0 saturated heterocycles. The summed E-state index contributed by atoms with van der Waals surface area (Å²) in [6.07, 6.45) is 3.32. The van der Waals surface area contributed by atoms with Crippen LogP contribution in [-0.2, 0) is 10.0 Å². The maximum atomic E-state index is 14.8. The first-order valence-corrected chi connectivity index (χ1v) is 11.8. The van der Waals surface area contributed by atoms with Crippen LogP contribution in [0.1, 0.15) is 11.1 Å². The van der Waals surface area contributed by atoms with E-state index in [1.54, 1.807) is 36.4 Å². The van der Waals surface area contributed by atoms with Gasteiger partial charge in [0.05, 0.1) is 46.1 Å². The minimum atomic E-state index is -4.05. The second-order valence-corrected chi connectivity index (χ2v) is 8.84. The molecule has 0 amide bonds. The third kappa shape index (κ3) is 5.78. The highest BCUT2D eigenvalue weighted by molar-refractivity contribution is 7.92. The minimum Gasteiger partial charge on any atom is -0.497 e. The van der Waals surface area contributed by atoms with E-state index in [4.69, 9.17) is 23.7 Å². The Morgan fingerprint density at radius 1 is 0.743 bits per heavy atom. The number of anilines is 1. The van der Waals surface area contributed by atoms with Crippen molar-refractivity contribution in [2.24, 2.45) is 0 Å². The fourth-order valence-electron chi connectivity index (χ4n) is 3.36. The van der Waals surface area contributed by atoms with Gasteiger partial charge in [0, 0.05) is 6.07 Å². The van der Waals surface area contributed by atoms with Gasteiger partial charge in [-0.2, -0.15) is 0 Å². The molecule has 0 aromatic heterocycles. The largest absolute Gasteiger partial charge is 0.497 e. The van der Waals surface area contributed by atoms with Gasteiger partial charge in [-0.1, -0.05) is 18.2 Å². The van der Waals surface area contributed by atoms with Gasteiger partial charge in [-0.25, -0.2) is 12.8 Å². The second-order valence-electron chi connectivity index (χ2n) is 7.16. The Hall–Kier alpha value is -3.92. The zero-order chi connectivity index (χ0) is 25.6. The van der Waals surface area contributed by atoms with E-state index in [2.05, 4.69) is 4.72 Å². The average molecular weight is 504 g/mol. The molecule has 0 atom stereocenters. The first-order chi connectivity index (χ1) is 16.8. The Kier molecular flexibility index (Phi) is 8.08. The van der Waals surface area contributed by atoms with Gasteiger partial charge in [-0.05, 0) is 47.5 Å². The van der Waals surface area contributed by atoms with Gasteiger partial charge >= 0.3 is 0 Å². The molecule has 0 saturated carbocycles. The van der Waals surface area contributed by atoms with Crippen LogP contribution in [0.2, 0.25) is 0 Å². The highest BCUT2D eigenvalue weighted by Gasteiger charge is 2.20. The summed E-state index contributed by atoms with van der Waals surface area (Å²) < 4.78 is 69.3. The molecular weight excluding hydrogens is 477 g/mol. The lowest BCUT2D eigenvalue weighted by atomic mass is 10.1. The van der Waals surface area contributed by atoms with Crippen LogP contribution < -0.4 is 28.4 Å². The van der Waals surface area contributed by atoms with Crippen molar-refractivity contribution in [3.8, 4) is 28.7 Å². The number of methoxy groups -OCH3 is 5. The van der Waals surface area contributed by atoms with E-state index in [1.807, 2.05) is 0 Å². The normalized spacial score (nSPS) is 11.3. The maximum absolute atomic E-state index is 14.8. The van der Waals surface area contributed by atoms with Gasteiger partial charge in [0.2, 0.25) is 5.75 Å². The fraction of sp³-hybridized carbons (Fsp3) is 0.200. The summed E-state index contributed by atoms with van der Waals surface area (Å²) in [5, 5.41) is 0. The zero-order valence-corrected chi connectivity index (χ0v) is 20.7. The monoisotopic (exact) mass is 503 g/mol. The molecule has 0 fully saturated rings. The predicted octanol–water partition coefficient (Wildman–Crippen LogP) is 4.84. The number of nitrogens with one attached hydrogen (secondary N) is 1. The van der Waals surface area contributed by atoms with Gasteiger partial charge in [0.1, 0.15) is 5.75 Å². The van der Waals surface area contributed by atoms with Gasteiger partial charge in [-0.3, -0.25) is 4.72 Å². The summed E-state index contributed by atoms with van der Waals surface area (Å²) in [6.45, 7) is 0. The maximum Gasteiger partial charge on any atom is 0.262 e. The topological polar surface area (TPSA) is 92.3 Å². The molecule has 3 aromatic carbocycles. The van der Waals surface area contributed by atoms with Gasteiger partial charge < -0.3 is 23.7 Å². The van der Waals surface area contributed by atoms with Crippen molar-refractivity contribution >= 4 is 27.9 Å². The molecule has 0 radical (unpaired) electrons. The van der Waals surface area contributed by atoms with Crippen molar-refractivity contribution in [2.75, 3.05) is 40.3 Å². The van der Waals surface area contributed by atoms with Crippen LogP contribution in [0.3, 0.4) is 0 Å². The molecule has 186 valence electrons. The first-order valence-electron chi connectivity index (χ1n) is 10.3. The lowest BCUT2D eigenvalue weighted by Gasteiger charge is -2.14. The highest BCUT2D eigenvalue weighted by atomic mass is 32.2. The van der Waals surface area contributed by atoms with E-state index in [0.29, 0.717) is 34.1 Å². The van der Waals surface area contributed by atoms with E-state index in [9.17, 15) is 12.8 Å². The van der Waals surface area contributed by atoms with Crippen LogP contribution in [0.5, 0.6) is 28.7 Å². The molecule has 0 heterocycles. The summed E-state index contributed by atoms with van der Waals surface area (Å²) in [5.41, 5.74) is 1.02. The predicted molar refractivity (Wildman–Crippen MR) is 132 cm³/mol. The Labute approximate surface area is 203 Å². The van der Waals surface area contributed by atoms with E-state index >= 15 is 0 Å². The Morgan fingerprint density at radius 3 is 1.89 bits per heavy atom. The average Bonchev–Trinajstić information content (AvgIpc) is 2.86. The minimum absolute atomic E-state index is 0.0438. The summed E-state index contributed by atoms with van der Waals surface area (Å²) >= 11 is 0. The number of hydrogen-bond donors (Lipinski definition) is 1. The molecule has 1 N–H and O–H groups in total. The van der Waals surface area contributed by atoms with E-state index in [0.717, 1.165) is 0 Å². The molecule has 0 bridgehead atoms. The third-order valence-electron chi connectivity index (χ3n) is 5.02. The Balaban J connectivity index is 1.99. The summed E-state index contributed by atoms with van der Waals surface area (Å²) in [5.74, 6) is 0.757. The molecule has 8 nitrogen and oxygen atoms in total. The lowest BCUT2D eigenvalue weighted by molar-refractivity contribution is 0.324. The van der Waals surface area contributed by atoms with E-state index in [1.165, 1.54) is 59.8 Å². The molecule has 3 aromatic rings. The number of ether oxygens (including phenoxy) is 5. The second kappa shape index (κ2) is 11.0. The van der Waals surface area contributed by atoms with Crippen LogP contribution in [0, 0.1) is 5.82 Å². The number of halogens is 1. The van der Waals surface area contributed by atoms with E-state index in [-0.39, 0.29) is 16.3 Å². The van der Waals surface area contributed by atoms with Gasteiger partial charge in [0.25, 0.3) is 10.0 Å².